The summed E-state index contributed by atoms with van der Waals surface area (Å²) in [6, 6.07) is 6.97. The van der Waals surface area contributed by atoms with Gasteiger partial charge in [-0.1, -0.05) is 18.2 Å². The highest BCUT2D eigenvalue weighted by Crippen LogP contribution is 2.51. The summed E-state index contributed by atoms with van der Waals surface area (Å²) in [6.45, 7) is 4.80. The van der Waals surface area contributed by atoms with Crippen molar-refractivity contribution in [3.8, 4) is 5.75 Å². The van der Waals surface area contributed by atoms with Crippen LogP contribution in [0.5, 0.6) is 5.75 Å². The zero-order valence-corrected chi connectivity index (χ0v) is 19.9. The quantitative estimate of drug-likeness (QED) is 0.218. The summed E-state index contributed by atoms with van der Waals surface area (Å²) in [5.74, 6) is -3.64. The number of carbonyl (C=O) groups is 5. The number of carbonyl (C=O) groups excluding carboxylic acids is 4. The van der Waals surface area contributed by atoms with Crippen molar-refractivity contribution in [2.75, 3.05) is 13.4 Å². The molecule has 2 aliphatic rings. The maximum Gasteiger partial charge on any atom is 0.333 e. The lowest BCUT2D eigenvalue weighted by atomic mass is 9.94. The predicted molar refractivity (Wildman–Crippen MR) is 118 cm³/mol. The number of ether oxygens (including phenoxy) is 3. The molecule has 11 nitrogen and oxygen atoms in total. The molecule has 184 valence electrons. The van der Waals surface area contributed by atoms with Crippen molar-refractivity contribution >= 4 is 41.5 Å². The first kappa shape index (κ1) is 25.3. The van der Waals surface area contributed by atoms with Gasteiger partial charge in [-0.2, -0.15) is 0 Å². The van der Waals surface area contributed by atoms with Gasteiger partial charge in [0.05, 0.1) is 0 Å². The lowest BCUT2D eigenvalue weighted by Gasteiger charge is -2.43. The zero-order valence-electron chi connectivity index (χ0n) is 19.1. The Bertz CT molecular complexity index is 995. The summed E-state index contributed by atoms with van der Waals surface area (Å²) in [5, 5.41) is 11.2. The number of rotatable bonds is 9. The summed E-state index contributed by atoms with van der Waals surface area (Å²) >= 11 is 1.33. The molecule has 1 aromatic carbocycles. The Hall–Kier alpha value is -3.28. The summed E-state index contributed by atoms with van der Waals surface area (Å²) < 4.78 is 14.4. The molecule has 3 rings (SSSR count). The largest absolute Gasteiger partial charge is 0.484 e. The third kappa shape index (κ3) is 4.96. The van der Waals surface area contributed by atoms with Crippen LogP contribution in [0.2, 0.25) is 0 Å². The van der Waals surface area contributed by atoms with Crippen LogP contribution in [0.15, 0.2) is 30.3 Å². The number of hydrogen-bond acceptors (Lipinski definition) is 9. The topological polar surface area (TPSA) is 149 Å². The highest BCUT2D eigenvalue weighted by atomic mass is 32.2. The number of para-hydroxylation sites is 1. The normalized spacial score (nSPS) is 22.8. The Morgan fingerprint density at radius 3 is 2.41 bits per heavy atom. The molecule has 34 heavy (non-hydrogen) atoms. The Kier molecular flexibility index (Phi) is 7.10. The molecule has 0 radical (unpaired) electrons. The fraction of sp³-hybridized carbons (Fsp3) is 0.500. The van der Waals surface area contributed by atoms with Crippen LogP contribution in [0, 0.1) is 5.41 Å². The van der Waals surface area contributed by atoms with E-state index in [1.807, 2.05) is 6.07 Å². The highest BCUT2D eigenvalue weighted by molar-refractivity contribution is 8.01. The van der Waals surface area contributed by atoms with Gasteiger partial charge in [-0.15, -0.1) is 11.8 Å². The monoisotopic (exact) mass is 494 g/mol. The van der Waals surface area contributed by atoms with E-state index in [9.17, 15) is 24.0 Å². The molecule has 12 heteroatoms. The standard InChI is InChI=1S/C22H26N2O9S/c1-21(2,19(28)29)20(30)33-11-32-18(27)15-22(3,4)34-17-14(16(26)24(15)17)23-13(25)10-31-12-8-6-5-7-9-12/h5-9,14-15,17H,10-11H2,1-4H3,(H,23,25)(H,28,29)/t14?,15-,17+/m0/s1. The van der Waals surface area contributed by atoms with Gasteiger partial charge in [-0.25, -0.2) is 4.79 Å². The number of carboxylic acids is 1. The fourth-order valence-electron chi connectivity index (χ4n) is 3.49. The molecule has 2 aliphatic heterocycles. The second-order valence-corrected chi connectivity index (χ2v) is 10.6. The third-order valence-corrected chi connectivity index (χ3v) is 7.10. The van der Waals surface area contributed by atoms with Gasteiger partial charge in [0.25, 0.3) is 5.91 Å². The molecule has 2 heterocycles. The lowest BCUT2D eigenvalue weighted by molar-refractivity contribution is -0.183. The summed E-state index contributed by atoms with van der Waals surface area (Å²) in [5.41, 5.74) is -1.80. The Balaban J connectivity index is 1.54. The highest BCUT2D eigenvalue weighted by Gasteiger charge is 2.64. The van der Waals surface area contributed by atoms with Crippen molar-refractivity contribution in [1.82, 2.24) is 10.2 Å². The molecule has 0 saturated carbocycles. The van der Waals surface area contributed by atoms with Crippen molar-refractivity contribution in [2.24, 2.45) is 5.41 Å². The minimum Gasteiger partial charge on any atom is -0.484 e. The van der Waals surface area contributed by atoms with E-state index in [1.165, 1.54) is 30.5 Å². The van der Waals surface area contributed by atoms with Gasteiger partial charge >= 0.3 is 17.9 Å². The zero-order chi connectivity index (χ0) is 25.3. The first-order valence-electron chi connectivity index (χ1n) is 10.4. The van der Waals surface area contributed by atoms with Crippen LogP contribution in [-0.4, -0.2) is 75.3 Å². The summed E-state index contributed by atoms with van der Waals surface area (Å²) in [7, 11) is 0. The maximum atomic E-state index is 12.7. The van der Waals surface area contributed by atoms with Crippen LogP contribution in [0.4, 0.5) is 0 Å². The number of nitrogens with zero attached hydrogens (tertiary/aromatic N) is 1. The van der Waals surface area contributed by atoms with E-state index in [0.29, 0.717) is 5.75 Å². The van der Waals surface area contributed by atoms with E-state index in [1.54, 1.807) is 38.1 Å². The van der Waals surface area contributed by atoms with Crippen LogP contribution in [-0.2, 0) is 33.4 Å². The van der Waals surface area contributed by atoms with Crippen molar-refractivity contribution in [3.63, 3.8) is 0 Å². The number of hydrogen-bond donors (Lipinski definition) is 2. The molecule has 1 unspecified atom stereocenters. The predicted octanol–water partition coefficient (Wildman–Crippen LogP) is 0.767. The van der Waals surface area contributed by atoms with Crippen molar-refractivity contribution < 1.29 is 43.3 Å². The van der Waals surface area contributed by atoms with Crippen LogP contribution >= 0.6 is 11.8 Å². The van der Waals surface area contributed by atoms with Gasteiger partial charge in [0.1, 0.15) is 23.2 Å². The van der Waals surface area contributed by atoms with E-state index in [-0.39, 0.29) is 6.61 Å². The molecule has 3 atom stereocenters. The minimum absolute atomic E-state index is 0.266. The third-order valence-electron chi connectivity index (χ3n) is 5.53. The molecule has 0 aromatic heterocycles. The van der Waals surface area contributed by atoms with Gasteiger partial charge in [0, 0.05) is 4.75 Å². The number of amides is 2. The van der Waals surface area contributed by atoms with Crippen molar-refractivity contribution in [1.29, 1.82) is 0 Å². The molecule has 2 N–H and O–H groups in total. The van der Waals surface area contributed by atoms with E-state index in [0.717, 1.165) is 0 Å². The van der Waals surface area contributed by atoms with Gasteiger partial charge in [0.15, 0.2) is 12.0 Å². The summed E-state index contributed by atoms with van der Waals surface area (Å²) in [4.78, 5) is 62.0. The van der Waals surface area contributed by atoms with E-state index in [2.05, 4.69) is 5.32 Å². The molecule has 0 aliphatic carbocycles. The molecular weight excluding hydrogens is 468 g/mol. The average molecular weight is 495 g/mol. The molecular formula is C22H26N2O9S. The Morgan fingerprint density at radius 2 is 1.79 bits per heavy atom. The number of benzene rings is 1. The maximum absolute atomic E-state index is 12.7. The molecule has 2 fully saturated rings. The second-order valence-electron chi connectivity index (χ2n) is 8.85. The Labute approximate surface area is 200 Å². The second kappa shape index (κ2) is 9.53. The lowest BCUT2D eigenvalue weighted by Crippen LogP contribution is -2.71. The van der Waals surface area contributed by atoms with Crippen LogP contribution in [0.25, 0.3) is 0 Å². The van der Waals surface area contributed by atoms with Gasteiger partial charge in [0.2, 0.25) is 12.7 Å². The van der Waals surface area contributed by atoms with E-state index in [4.69, 9.17) is 19.3 Å². The smallest absolute Gasteiger partial charge is 0.333 e. The van der Waals surface area contributed by atoms with Crippen molar-refractivity contribution in [2.45, 2.75) is 49.9 Å². The molecule has 2 amide bonds. The number of β-lactam (4-membered cyclic amide) rings is 1. The van der Waals surface area contributed by atoms with Crippen LogP contribution in [0.1, 0.15) is 27.7 Å². The van der Waals surface area contributed by atoms with E-state index < -0.39 is 64.1 Å². The van der Waals surface area contributed by atoms with Gasteiger partial charge < -0.3 is 29.5 Å². The molecule has 2 saturated heterocycles. The van der Waals surface area contributed by atoms with Crippen LogP contribution < -0.4 is 10.1 Å². The Morgan fingerprint density at radius 1 is 1.15 bits per heavy atom. The number of esters is 2. The number of nitrogens with one attached hydrogen (secondary N) is 1. The molecule has 1 aromatic rings. The number of carboxylic acid groups (broad SMARTS) is 1. The summed E-state index contributed by atoms with van der Waals surface area (Å²) in [6.07, 6.45) is 0. The van der Waals surface area contributed by atoms with Gasteiger partial charge in [-0.05, 0) is 39.8 Å². The number of aliphatic carboxylic acids is 1. The SMILES string of the molecule is CC(C)(C(=O)O)C(=O)OCOC(=O)[C@@H]1N2C(=O)C(NC(=O)COc3ccccc3)[C@H]2SC1(C)C. The van der Waals surface area contributed by atoms with Crippen molar-refractivity contribution in [3.05, 3.63) is 30.3 Å². The molecule has 0 bridgehead atoms. The van der Waals surface area contributed by atoms with Crippen LogP contribution in [0.3, 0.4) is 0 Å². The number of thioether (sulfide) groups is 1. The molecule has 0 spiro atoms. The minimum atomic E-state index is -1.80. The number of fused-ring (bicyclic) bond motifs is 1. The average Bonchev–Trinajstić information content (AvgIpc) is 3.04. The van der Waals surface area contributed by atoms with Gasteiger partial charge in [-0.3, -0.25) is 19.2 Å². The van der Waals surface area contributed by atoms with E-state index >= 15 is 0 Å². The fourth-order valence-corrected chi connectivity index (χ4v) is 5.12. The first-order valence-corrected chi connectivity index (χ1v) is 11.3. The first-order chi connectivity index (χ1) is 15.9.